The highest BCUT2D eigenvalue weighted by atomic mass is 32.1. The second kappa shape index (κ2) is 11.7. The van der Waals surface area contributed by atoms with Gasteiger partial charge < -0.3 is 9.13 Å². The summed E-state index contributed by atoms with van der Waals surface area (Å²) in [7, 11) is 0. The van der Waals surface area contributed by atoms with Gasteiger partial charge in [0, 0.05) is 53.1 Å². The van der Waals surface area contributed by atoms with E-state index in [-0.39, 0.29) is 0 Å². The molecule has 0 spiro atoms. The van der Waals surface area contributed by atoms with Crippen LogP contribution in [0.1, 0.15) is 0 Å². The van der Waals surface area contributed by atoms with Crippen molar-refractivity contribution >= 4 is 118 Å². The zero-order chi connectivity index (χ0) is 37.2. The van der Waals surface area contributed by atoms with Gasteiger partial charge in [-0.15, -0.1) is 11.3 Å². The first kappa shape index (κ1) is 31.1. The van der Waals surface area contributed by atoms with E-state index in [1.54, 1.807) is 0 Å². The maximum Gasteiger partial charge on any atom is 0.0541 e. The Balaban J connectivity index is 1.23. The van der Waals surface area contributed by atoms with Gasteiger partial charge in [0.15, 0.2) is 0 Å². The number of benzene rings is 9. The number of aromatic nitrogens is 2. The first-order valence-electron chi connectivity index (χ1n) is 19.6. The SMILES string of the molecule is c1ccc(-n2c3ccc4cc3c3cc(ccc32)c2ccc3c(c2)c2cc(ccc2n3-c2ccccc2)c2ccc3sc5ccc(cc5c3c2)c2cccc4c2)cc1. The lowest BCUT2D eigenvalue weighted by atomic mass is 10.0. The summed E-state index contributed by atoms with van der Waals surface area (Å²) in [5.74, 6) is 0. The predicted molar refractivity (Wildman–Crippen MR) is 247 cm³/mol. The molecule has 14 bridgehead atoms. The Hall–Kier alpha value is -7.20. The predicted octanol–water partition coefficient (Wildman–Crippen LogP) is 15.4. The summed E-state index contributed by atoms with van der Waals surface area (Å²) in [5, 5.41) is 17.4. The standard InChI is InChI=1S/C54H32N2S/c1-3-10-41(11-4-1)55-49-20-14-35-27-43(49)44-28-36(15-21-50(44)55)37-16-22-51-45(29-37)46-30-38(17-23-52(46)56(51)42-12-5-2-6-13-42)40-19-25-54-48(32-40)47-31-39(18-24-53(47)57-54)34-9-7-8-33(35)26-34/h1-32H. The highest BCUT2D eigenvalue weighted by Crippen LogP contribution is 2.40. The lowest BCUT2D eigenvalue weighted by molar-refractivity contribution is 1.18. The Morgan fingerprint density at radius 3 is 0.930 bits per heavy atom. The Morgan fingerprint density at radius 2 is 0.561 bits per heavy atom. The monoisotopic (exact) mass is 740 g/mol. The molecular formula is C54H32N2S. The molecule has 3 aromatic heterocycles. The van der Waals surface area contributed by atoms with Gasteiger partial charge in [-0.3, -0.25) is 0 Å². The quantitative estimate of drug-likeness (QED) is 0.167. The van der Waals surface area contributed by atoms with Gasteiger partial charge >= 0.3 is 0 Å². The van der Waals surface area contributed by atoms with Crippen LogP contribution in [0.2, 0.25) is 0 Å². The second-order valence-corrected chi connectivity index (χ2v) is 16.5. The molecule has 0 aliphatic heterocycles. The van der Waals surface area contributed by atoms with Crippen LogP contribution in [0, 0.1) is 0 Å². The molecule has 57 heavy (non-hydrogen) atoms. The summed E-state index contributed by atoms with van der Waals surface area (Å²) in [6, 6.07) is 72.7. The minimum atomic E-state index is 1.16. The fourth-order valence-electron chi connectivity index (χ4n) is 9.49. The first-order chi connectivity index (χ1) is 28.2. The number of nitrogens with zero attached hydrogens (tertiary/aromatic N) is 2. The summed E-state index contributed by atoms with van der Waals surface area (Å²) in [4.78, 5) is 0. The maximum atomic E-state index is 2.42. The van der Waals surface area contributed by atoms with E-state index in [4.69, 9.17) is 0 Å². The molecule has 0 aliphatic rings. The van der Waals surface area contributed by atoms with Crippen LogP contribution in [0.5, 0.6) is 0 Å². The van der Waals surface area contributed by atoms with Crippen molar-refractivity contribution in [2.45, 2.75) is 0 Å². The van der Waals surface area contributed by atoms with E-state index in [0.29, 0.717) is 0 Å². The smallest absolute Gasteiger partial charge is 0.0541 e. The molecular weight excluding hydrogens is 709 g/mol. The maximum absolute atomic E-state index is 2.42. The van der Waals surface area contributed by atoms with Crippen LogP contribution in [-0.4, -0.2) is 9.13 Å². The van der Waals surface area contributed by atoms with Gasteiger partial charge in [-0.2, -0.15) is 0 Å². The zero-order valence-corrected chi connectivity index (χ0v) is 31.6. The van der Waals surface area contributed by atoms with E-state index in [9.17, 15) is 0 Å². The lowest BCUT2D eigenvalue weighted by Gasteiger charge is -2.08. The van der Waals surface area contributed by atoms with Crippen LogP contribution in [0.15, 0.2) is 194 Å². The Morgan fingerprint density at radius 1 is 0.246 bits per heavy atom. The fourth-order valence-corrected chi connectivity index (χ4v) is 10.6. The van der Waals surface area contributed by atoms with Crippen molar-refractivity contribution < 1.29 is 0 Å². The minimum absolute atomic E-state index is 1.16. The molecule has 264 valence electrons. The molecule has 0 atom stereocenters. The van der Waals surface area contributed by atoms with Gasteiger partial charge in [-0.25, -0.2) is 0 Å². The number of rotatable bonds is 2. The van der Waals surface area contributed by atoms with E-state index in [1.165, 1.54) is 107 Å². The van der Waals surface area contributed by atoms with Gasteiger partial charge in [-0.1, -0.05) is 91.0 Å². The Labute approximate surface area is 331 Å². The summed E-state index contributed by atoms with van der Waals surface area (Å²) < 4.78 is 7.46. The highest BCUT2D eigenvalue weighted by molar-refractivity contribution is 7.25. The molecule has 0 fully saturated rings. The Kier molecular flexibility index (Phi) is 6.35. The molecule has 0 saturated carbocycles. The van der Waals surface area contributed by atoms with Gasteiger partial charge in [0.05, 0.1) is 22.1 Å². The minimum Gasteiger partial charge on any atom is -0.309 e. The number of para-hydroxylation sites is 2. The number of hydrogen-bond donors (Lipinski definition) is 0. The van der Waals surface area contributed by atoms with Crippen LogP contribution in [0.25, 0.3) is 118 Å². The van der Waals surface area contributed by atoms with Gasteiger partial charge in [0.25, 0.3) is 0 Å². The van der Waals surface area contributed by atoms with Crippen LogP contribution < -0.4 is 0 Å². The third-order valence-electron chi connectivity index (χ3n) is 12.2. The number of hydrogen-bond acceptors (Lipinski definition) is 1. The van der Waals surface area contributed by atoms with Crippen molar-refractivity contribution in [2.24, 2.45) is 0 Å². The molecule has 13 aromatic rings. The van der Waals surface area contributed by atoms with Gasteiger partial charge in [-0.05, 0) is 146 Å². The summed E-state index contributed by atoms with van der Waals surface area (Å²) in [6.45, 7) is 0. The summed E-state index contributed by atoms with van der Waals surface area (Å²) in [6.07, 6.45) is 0. The number of thiophene rings is 1. The molecule has 0 radical (unpaired) electrons. The zero-order valence-electron chi connectivity index (χ0n) is 30.8. The molecule has 0 unspecified atom stereocenters. The molecule has 3 heteroatoms. The van der Waals surface area contributed by atoms with Crippen LogP contribution in [0.3, 0.4) is 0 Å². The topological polar surface area (TPSA) is 9.86 Å². The second-order valence-electron chi connectivity index (χ2n) is 15.4. The van der Waals surface area contributed by atoms with Crippen molar-refractivity contribution in [3.8, 4) is 11.4 Å². The van der Waals surface area contributed by atoms with Crippen molar-refractivity contribution in [1.29, 1.82) is 0 Å². The van der Waals surface area contributed by atoms with E-state index in [2.05, 4.69) is 203 Å². The van der Waals surface area contributed by atoms with Gasteiger partial charge in [0.2, 0.25) is 0 Å². The molecule has 13 rings (SSSR count). The molecule has 3 heterocycles. The fraction of sp³-hybridized carbons (Fsp3) is 0. The van der Waals surface area contributed by atoms with Crippen LogP contribution in [0.4, 0.5) is 0 Å². The largest absolute Gasteiger partial charge is 0.309 e. The number of fused-ring (bicyclic) bond motifs is 12. The van der Waals surface area contributed by atoms with Gasteiger partial charge in [0.1, 0.15) is 0 Å². The highest BCUT2D eigenvalue weighted by Gasteiger charge is 2.16. The van der Waals surface area contributed by atoms with Crippen molar-refractivity contribution in [1.82, 2.24) is 9.13 Å². The molecule has 0 N–H and O–H groups in total. The molecule has 0 saturated heterocycles. The normalized spacial score (nSPS) is 12.2. The lowest BCUT2D eigenvalue weighted by Crippen LogP contribution is -1.92. The van der Waals surface area contributed by atoms with E-state index >= 15 is 0 Å². The van der Waals surface area contributed by atoms with E-state index < -0.39 is 0 Å². The van der Waals surface area contributed by atoms with Crippen molar-refractivity contribution in [3.05, 3.63) is 194 Å². The van der Waals surface area contributed by atoms with E-state index in [1.807, 2.05) is 11.3 Å². The van der Waals surface area contributed by atoms with Crippen LogP contribution >= 0.6 is 11.3 Å². The molecule has 2 nitrogen and oxygen atoms in total. The van der Waals surface area contributed by atoms with Crippen LogP contribution in [-0.2, 0) is 0 Å². The van der Waals surface area contributed by atoms with E-state index in [0.717, 1.165) is 11.4 Å². The molecule has 10 aromatic carbocycles. The third kappa shape index (κ3) is 4.58. The average Bonchev–Trinajstić information content (AvgIpc) is 3.92. The van der Waals surface area contributed by atoms with Crippen molar-refractivity contribution in [3.63, 3.8) is 0 Å². The summed E-state index contributed by atoms with van der Waals surface area (Å²) >= 11 is 1.88. The van der Waals surface area contributed by atoms with Crippen molar-refractivity contribution in [2.75, 3.05) is 0 Å². The third-order valence-corrected chi connectivity index (χ3v) is 13.4. The average molecular weight is 741 g/mol. The molecule has 0 aliphatic carbocycles. The summed E-state index contributed by atoms with van der Waals surface area (Å²) in [5.41, 5.74) is 7.14. The molecule has 0 amide bonds. The Bertz CT molecular complexity index is 3850. The first-order valence-corrected chi connectivity index (χ1v) is 20.4.